The summed E-state index contributed by atoms with van der Waals surface area (Å²) < 4.78 is 1.85. The molecule has 2 N–H and O–H groups in total. The molecule has 0 saturated carbocycles. The number of hydrogen-bond donors (Lipinski definition) is 2. The van der Waals surface area contributed by atoms with Gasteiger partial charge < -0.3 is 10.2 Å². The largest absolute Gasteiger partial charge is 0.374 e. The zero-order valence-electron chi connectivity index (χ0n) is 25.8. The molecule has 6 aromatic rings. The fourth-order valence-corrected chi connectivity index (χ4v) is 6.62. The lowest BCUT2D eigenvalue weighted by atomic mass is 10.0. The molecule has 0 radical (unpaired) electrons. The van der Waals surface area contributed by atoms with Crippen LogP contribution < -0.4 is 15.5 Å². The number of nitrogens with one attached hydrogen (secondary N) is 2. The van der Waals surface area contributed by atoms with Crippen LogP contribution in [0.3, 0.4) is 0 Å². The Morgan fingerprint density at radius 3 is 2.53 bits per heavy atom. The maximum absolute atomic E-state index is 12.2. The highest BCUT2D eigenvalue weighted by Gasteiger charge is 2.26. The molecule has 10 heteroatoms. The second-order valence-electron chi connectivity index (χ2n) is 12.2. The van der Waals surface area contributed by atoms with Crippen LogP contribution in [-0.4, -0.2) is 68.5 Å². The molecule has 2 fully saturated rings. The minimum Gasteiger partial charge on any atom is -0.374 e. The molecule has 2 aliphatic rings. The number of amides is 2. The van der Waals surface area contributed by atoms with Crippen molar-refractivity contribution in [2.45, 2.75) is 25.4 Å². The molecule has 0 aliphatic carbocycles. The Hall–Kier alpha value is -5.61. The van der Waals surface area contributed by atoms with Gasteiger partial charge in [-0.25, -0.2) is 9.50 Å². The van der Waals surface area contributed by atoms with Crippen molar-refractivity contribution < 1.29 is 9.59 Å². The molecule has 47 heavy (non-hydrogen) atoms. The number of piperazine rings is 1. The molecule has 234 valence electrons. The molecule has 2 aliphatic heterocycles. The molecule has 8 rings (SSSR count). The van der Waals surface area contributed by atoms with E-state index in [9.17, 15) is 9.59 Å². The van der Waals surface area contributed by atoms with E-state index in [1.165, 1.54) is 11.3 Å². The Morgan fingerprint density at radius 1 is 0.830 bits per heavy atom. The van der Waals surface area contributed by atoms with E-state index < -0.39 is 0 Å². The van der Waals surface area contributed by atoms with Gasteiger partial charge in [0.2, 0.25) is 11.8 Å². The predicted molar refractivity (Wildman–Crippen MR) is 183 cm³/mol. The number of benzene rings is 3. The highest BCUT2D eigenvalue weighted by molar-refractivity contribution is 6.01. The number of fused-ring (bicyclic) bond motifs is 2. The topological polar surface area (TPSA) is 108 Å². The van der Waals surface area contributed by atoms with Crippen molar-refractivity contribution in [3.05, 3.63) is 109 Å². The van der Waals surface area contributed by atoms with Crippen molar-refractivity contribution in [3.63, 3.8) is 0 Å². The standard InChI is InChI=1S/C37H34N8O2/c46-35-13-12-34(37(47)42-35)41-28-5-3-4-25(20-28)23-43-16-18-44(19-17-43)29-10-8-26(9-11-29)27-21-39-36-32(22-40-45(36)24-27)30-14-15-38-33-7-2-1-6-31(30)33/h1-11,14-15,20-22,24,34,41H,12-13,16-19,23H2,(H,42,46,47). The SMILES string of the molecule is O=C1CCC(Nc2cccc(CN3CCN(c4ccc(-c5cnc6c(-c7ccnc8ccccc78)cnn6c5)cc4)CC3)c2)C(=O)N1. The van der Waals surface area contributed by atoms with Gasteiger partial charge in [0.05, 0.1) is 11.7 Å². The average Bonchev–Trinajstić information content (AvgIpc) is 3.53. The first-order valence-electron chi connectivity index (χ1n) is 16.0. The van der Waals surface area contributed by atoms with Crippen molar-refractivity contribution in [1.29, 1.82) is 0 Å². The lowest BCUT2D eigenvalue weighted by Crippen LogP contribution is -2.47. The summed E-state index contributed by atoms with van der Waals surface area (Å²) in [6.07, 6.45) is 8.55. The maximum Gasteiger partial charge on any atom is 0.249 e. The van der Waals surface area contributed by atoms with Crippen LogP contribution in [-0.2, 0) is 16.1 Å². The molecule has 1 atom stereocenters. The monoisotopic (exact) mass is 622 g/mol. The Bertz CT molecular complexity index is 2090. The highest BCUT2D eigenvalue weighted by atomic mass is 16.2. The second-order valence-corrected chi connectivity index (χ2v) is 12.2. The Morgan fingerprint density at radius 2 is 1.68 bits per heavy atom. The van der Waals surface area contributed by atoms with Crippen molar-refractivity contribution in [2.75, 3.05) is 36.4 Å². The summed E-state index contributed by atoms with van der Waals surface area (Å²) in [6.45, 7) is 4.66. The molecule has 3 aromatic heterocycles. The van der Waals surface area contributed by atoms with Crippen molar-refractivity contribution in [1.82, 2.24) is 29.8 Å². The summed E-state index contributed by atoms with van der Waals surface area (Å²) in [5, 5.41) is 11.4. The van der Waals surface area contributed by atoms with Crippen LogP contribution in [0.4, 0.5) is 11.4 Å². The molecule has 0 spiro atoms. The third kappa shape index (κ3) is 5.91. The summed E-state index contributed by atoms with van der Waals surface area (Å²) >= 11 is 0. The maximum atomic E-state index is 12.2. The van der Waals surface area contributed by atoms with Gasteiger partial charge in [0.1, 0.15) is 6.04 Å². The molecule has 5 heterocycles. The minimum absolute atomic E-state index is 0.202. The Labute approximate surface area is 272 Å². The second kappa shape index (κ2) is 12.3. The number of hydrogen-bond acceptors (Lipinski definition) is 8. The van der Waals surface area contributed by atoms with Crippen molar-refractivity contribution >= 4 is 39.7 Å². The quantitative estimate of drug-likeness (QED) is 0.236. The van der Waals surface area contributed by atoms with E-state index in [1.54, 1.807) is 0 Å². The third-order valence-electron chi connectivity index (χ3n) is 9.15. The zero-order valence-corrected chi connectivity index (χ0v) is 25.8. The van der Waals surface area contributed by atoms with Gasteiger partial charge in [-0.1, -0.05) is 42.5 Å². The first kappa shape index (κ1) is 28.8. The Kier molecular flexibility index (Phi) is 7.54. The number of carbonyl (C=O) groups is 2. The molecule has 2 saturated heterocycles. The van der Waals surface area contributed by atoms with E-state index in [0.717, 1.165) is 77.2 Å². The van der Waals surface area contributed by atoms with Gasteiger partial charge in [0.25, 0.3) is 0 Å². The summed E-state index contributed by atoms with van der Waals surface area (Å²) in [7, 11) is 0. The zero-order chi connectivity index (χ0) is 31.7. The molecular formula is C37H34N8O2. The van der Waals surface area contributed by atoms with Gasteiger partial charge in [-0.05, 0) is 59.5 Å². The minimum atomic E-state index is -0.380. The van der Waals surface area contributed by atoms with Crippen LogP contribution in [0.2, 0.25) is 0 Å². The van der Waals surface area contributed by atoms with Crippen molar-refractivity contribution in [3.8, 4) is 22.3 Å². The van der Waals surface area contributed by atoms with Crippen LogP contribution in [0.25, 0.3) is 38.8 Å². The molecule has 2 amide bonds. The number of rotatable bonds is 7. The van der Waals surface area contributed by atoms with E-state index in [4.69, 9.17) is 4.98 Å². The third-order valence-corrected chi connectivity index (χ3v) is 9.15. The number of para-hydroxylation sites is 1. The summed E-state index contributed by atoms with van der Waals surface area (Å²) in [5.41, 5.74) is 9.25. The van der Waals surface area contributed by atoms with Crippen LogP contribution in [0.5, 0.6) is 0 Å². The normalized spacial score (nSPS) is 17.3. The smallest absolute Gasteiger partial charge is 0.249 e. The van der Waals surface area contributed by atoms with Crippen LogP contribution in [0.15, 0.2) is 104 Å². The number of carbonyl (C=O) groups excluding carboxylic acids is 2. The fourth-order valence-electron chi connectivity index (χ4n) is 6.62. The van der Waals surface area contributed by atoms with Gasteiger partial charge in [0, 0.05) is 85.6 Å². The number of anilines is 2. The molecular weight excluding hydrogens is 588 g/mol. The predicted octanol–water partition coefficient (Wildman–Crippen LogP) is 5.15. The first-order chi connectivity index (χ1) is 23.1. The van der Waals surface area contributed by atoms with E-state index in [-0.39, 0.29) is 17.9 Å². The van der Waals surface area contributed by atoms with E-state index in [0.29, 0.717) is 12.8 Å². The summed E-state index contributed by atoms with van der Waals surface area (Å²) in [5.74, 6) is -0.456. The van der Waals surface area contributed by atoms with Gasteiger partial charge >= 0.3 is 0 Å². The fraction of sp³-hybridized carbons (Fsp3) is 0.216. The van der Waals surface area contributed by atoms with Crippen LogP contribution in [0.1, 0.15) is 18.4 Å². The van der Waals surface area contributed by atoms with Gasteiger partial charge in [-0.15, -0.1) is 0 Å². The molecule has 10 nitrogen and oxygen atoms in total. The summed E-state index contributed by atoms with van der Waals surface area (Å²) in [4.78, 5) is 37.8. The van der Waals surface area contributed by atoms with Crippen LogP contribution in [0, 0.1) is 0 Å². The number of aromatic nitrogens is 4. The number of piperidine rings is 1. The van der Waals surface area contributed by atoms with Gasteiger partial charge in [-0.3, -0.25) is 24.8 Å². The average molecular weight is 623 g/mol. The first-order valence-corrected chi connectivity index (χ1v) is 16.0. The van der Waals surface area contributed by atoms with E-state index in [2.05, 4.69) is 73.0 Å². The number of imide groups is 1. The lowest BCUT2D eigenvalue weighted by molar-refractivity contribution is -0.133. The number of pyridine rings is 1. The molecule has 1 unspecified atom stereocenters. The highest BCUT2D eigenvalue weighted by Crippen LogP contribution is 2.31. The van der Waals surface area contributed by atoms with Crippen LogP contribution >= 0.6 is 0 Å². The lowest BCUT2D eigenvalue weighted by Gasteiger charge is -2.36. The molecule has 3 aromatic carbocycles. The molecule has 0 bridgehead atoms. The number of nitrogens with zero attached hydrogens (tertiary/aromatic N) is 6. The van der Waals surface area contributed by atoms with E-state index in [1.807, 2.05) is 65.7 Å². The van der Waals surface area contributed by atoms with Gasteiger partial charge in [0.15, 0.2) is 5.65 Å². The van der Waals surface area contributed by atoms with Crippen molar-refractivity contribution in [2.24, 2.45) is 0 Å². The van der Waals surface area contributed by atoms with Gasteiger partial charge in [-0.2, -0.15) is 5.10 Å². The Balaban J connectivity index is 0.898. The van der Waals surface area contributed by atoms with E-state index >= 15 is 0 Å². The summed E-state index contributed by atoms with van der Waals surface area (Å²) in [6, 6.07) is 26.7.